The van der Waals surface area contributed by atoms with Crippen LogP contribution in [0, 0.1) is 5.82 Å². The highest BCUT2D eigenvalue weighted by Gasteiger charge is 2.26. The molecule has 5 aromatic rings. The molecule has 2 aromatic heterocycles. The summed E-state index contributed by atoms with van der Waals surface area (Å²) in [5.74, 6) is 2.04. The van der Waals surface area contributed by atoms with Gasteiger partial charge in [0, 0.05) is 37.5 Å². The van der Waals surface area contributed by atoms with Crippen LogP contribution in [0.4, 0.5) is 10.1 Å². The first-order chi connectivity index (χ1) is 20.1. The number of carbonyl (C=O) groups excluding carboxylic acids is 1. The Hall–Kier alpha value is -4.57. The maximum absolute atomic E-state index is 14.3. The van der Waals surface area contributed by atoms with E-state index in [4.69, 9.17) is 9.15 Å². The van der Waals surface area contributed by atoms with Crippen LogP contribution in [-0.2, 0) is 5.75 Å². The number of amides is 1. The minimum atomic E-state index is -0.245. The monoisotopic (exact) mass is 569 g/mol. The van der Waals surface area contributed by atoms with Gasteiger partial charge in [0.1, 0.15) is 11.6 Å². The van der Waals surface area contributed by atoms with Crippen molar-refractivity contribution in [3.05, 3.63) is 108 Å². The molecule has 0 saturated carbocycles. The number of thioether (sulfide) groups is 1. The van der Waals surface area contributed by atoms with Gasteiger partial charge in [0.05, 0.1) is 24.7 Å². The number of ether oxygens (including phenoxy) is 1. The first-order valence-electron chi connectivity index (χ1n) is 13.3. The number of halogens is 1. The molecule has 0 unspecified atom stereocenters. The fourth-order valence-electron chi connectivity index (χ4n) is 4.99. The molecule has 3 aromatic carbocycles. The third-order valence-electron chi connectivity index (χ3n) is 7.07. The Morgan fingerprint density at radius 1 is 0.902 bits per heavy atom. The van der Waals surface area contributed by atoms with Crippen LogP contribution in [0.25, 0.3) is 17.3 Å². The molecular weight excluding hydrogens is 541 g/mol. The van der Waals surface area contributed by atoms with Crippen LogP contribution in [0.1, 0.15) is 15.9 Å². The SMILES string of the molecule is COc1ccccc1-n1c(SCc2ccccc2C(=O)N2CCN(c3ccccc3F)CC2)nnc1-c1ccco1. The fraction of sp³-hybridized carbons (Fsp3) is 0.194. The summed E-state index contributed by atoms with van der Waals surface area (Å²) >= 11 is 1.48. The Balaban J connectivity index is 1.22. The molecule has 0 bridgehead atoms. The van der Waals surface area contributed by atoms with Gasteiger partial charge in [0.15, 0.2) is 10.9 Å². The molecule has 1 saturated heterocycles. The summed E-state index contributed by atoms with van der Waals surface area (Å²) in [6.45, 7) is 2.18. The van der Waals surface area contributed by atoms with Crippen molar-refractivity contribution in [1.29, 1.82) is 0 Å². The summed E-state index contributed by atoms with van der Waals surface area (Å²) < 4.78 is 27.5. The minimum absolute atomic E-state index is 0.0307. The zero-order chi connectivity index (χ0) is 28.2. The second-order valence-electron chi connectivity index (χ2n) is 9.47. The Labute approximate surface area is 241 Å². The van der Waals surface area contributed by atoms with Crippen LogP contribution in [0.5, 0.6) is 5.75 Å². The molecule has 1 fully saturated rings. The van der Waals surface area contributed by atoms with E-state index < -0.39 is 0 Å². The van der Waals surface area contributed by atoms with E-state index in [1.165, 1.54) is 17.8 Å². The van der Waals surface area contributed by atoms with Crippen LogP contribution in [-0.4, -0.2) is 58.9 Å². The van der Waals surface area contributed by atoms with Gasteiger partial charge in [-0.25, -0.2) is 4.39 Å². The van der Waals surface area contributed by atoms with Crippen LogP contribution in [0.15, 0.2) is 101 Å². The van der Waals surface area contributed by atoms with Gasteiger partial charge in [-0.05, 0) is 48.0 Å². The van der Waals surface area contributed by atoms with Gasteiger partial charge in [-0.3, -0.25) is 9.36 Å². The Kier molecular flexibility index (Phi) is 7.73. The molecule has 0 spiro atoms. The van der Waals surface area contributed by atoms with Gasteiger partial charge in [-0.2, -0.15) is 0 Å². The lowest BCUT2D eigenvalue weighted by molar-refractivity contribution is 0.0746. The van der Waals surface area contributed by atoms with E-state index in [-0.39, 0.29) is 11.7 Å². The number of hydrogen-bond acceptors (Lipinski definition) is 7. The number of piperazine rings is 1. The molecule has 41 heavy (non-hydrogen) atoms. The molecule has 10 heteroatoms. The fourth-order valence-corrected chi connectivity index (χ4v) is 5.94. The van der Waals surface area contributed by atoms with E-state index in [0.717, 1.165) is 11.3 Å². The smallest absolute Gasteiger partial charge is 0.254 e. The van der Waals surface area contributed by atoms with Crippen molar-refractivity contribution in [1.82, 2.24) is 19.7 Å². The van der Waals surface area contributed by atoms with Crippen molar-refractivity contribution in [2.24, 2.45) is 0 Å². The number of anilines is 1. The third kappa shape index (κ3) is 5.43. The number of hydrogen-bond donors (Lipinski definition) is 0. The standard InChI is InChI=1S/C31H28FN5O3S/c1-39-27-14-7-6-13-26(27)37-29(28-15-8-20-40-28)33-34-31(37)41-21-22-9-2-3-10-23(22)30(38)36-18-16-35(17-19-36)25-12-5-4-11-24(25)32/h2-15,20H,16-19,21H2,1H3. The predicted molar refractivity (Wildman–Crippen MR) is 156 cm³/mol. The lowest BCUT2D eigenvalue weighted by atomic mass is 10.1. The molecule has 1 amide bonds. The summed E-state index contributed by atoms with van der Waals surface area (Å²) in [5, 5.41) is 9.55. The number of rotatable bonds is 8. The maximum atomic E-state index is 14.3. The predicted octanol–water partition coefficient (Wildman–Crippen LogP) is 5.93. The number of para-hydroxylation sites is 3. The van der Waals surface area contributed by atoms with Crippen molar-refractivity contribution >= 4 is 23.4 Å². The number of aromatic nitrogens is 3. The van der Waals surface area contributed by atoms with Gasteiger partial charge >= 0.3 is 0 Å². The lowest BCUT2D eigenvalue weighted by Crippen LogP contribution is -2.49. The van der Waals surface area contributed by atoms with Gasteiger partial charge in [-0.15, -0.1) is 10.2 Å². The number of furan rings is 1. The second-order valence-corrected chi connectivity index (χ2v) is 10.4. The van der Waals surface area contributed by atoms with E-state index in [1.807, 2.05) is 75.0 Å². The Morgan fingerprint density at radius 2 is 1.63 bits per heavy atom. The Bertz CT molecular complexity index is 1650. The third-order valence-corrected chi connectivity index (χ3v) is 8.04. The molecular formula is C31H28FN5O3S. The summed E-state index contributed by atoms with van der Waals surface area (Å²) in [6, 6.07) is 25.7. The van der Waals surface area contributed by atoms with E-state index in [0.29, 0.717) is 65.7 Å². The van der Waals surface area contributed by atoms with Crippen molar-refractivity contribution in [2.75, 3.05) is 38.2 Å². The van der Waals surface area contributed by atoms with Gasteiger partial charge in [-0.1, -0.05) is 54.2 Å². The summed E-state index contributed by atoms with van der Waals surface area (Å²) in [6.07, 6.45) is 1.60. The van der Waals surface area contributed by atoms with Crippen LogP contribution < -0.4 is 9.64 Å². The highest BCUT2D eigenvalue weighted by Crippen LogP contribution is 2.34. The first-order valence-corrected chi connectivity index (χ1v) is 14.2. The molecule has 3 heterocycles. The summed E-state index contributed by atoms with van der Waals surface area (Å²) in [7, 11) is 1.63. The number of nitrogens with zero attached hydrogens (tertiary/aromatic N) is 5. The molecule has 8 nitrogen and oxygen atoms in total. The molecule has 1 aliphatic heterocycles. The van der Waals surface area contributed by atoms with E-state index in [9.17, 15) is 9.18 Å². The summed E-state index contributed by atoms with van der Waals surface area (Å²) in [5.41, 5.74) is 2.90. The van der Waals surface area contributed by atoms with Crippen LogP contribution in [0.2, 0.25) is 0 Å². The topological polar surface area (TPSA) is 76.6 Å². The van der Waals surface area contributed by atoms with Gasteiger partial charge in [0.25, 0.3) is 5.91 Å². The molecule has 0 atom stereocenters. The normalized spacial score (nSPS) is 13.4. The van der Waals surface area contributed by atoms with E-state index >= 15 is 0 Å². The maximum Gasteiger partial charge on any atom is 0.254 e. The van der Waals surface area contributed by atoms with Crippen LogP contribution in [0.3, 0.4) is 0 Å². The summed E-state index contributed by atoms with van der Waals surface area (Å²) in [4.78, 5) is 17.5. The quantitative estimate of drug-likeness (QED) is 0.215. The first kappa shape index (κ1) is 26.6. The highest BCUT2D eigenvalue weighted by atomic mass is 32.2. The zero-order valence-corrected chi connectivity index (χ0v) is 23.3. The largest absolute Gasteiger partial charge is 0.495 e. The molecule has 208 valence electrons. The molecule has 0 aliphatic carbocycles. The zero-order valence-electron chi connectivity index (χ0n) is 22.4. The number of methoxy groups -OCH3 is 1. The van der Waals surface area contributed by atoms with Crippen molar-refractivity contribution in [3.8, 4) is 23.0 Å². The average Bonchev–Trinajstić information content (AvgIpc) is 3.70. The molecule has 1 aliphatic rings. The minimum Gasteiger partial charge on any atom is -0.495 e. The van der Waals surface area contributed by atoms with Crippen molar-refractivity contribution in [3.63, 3.8) is 0 Å². The average molecular weight is 570 g/mol. The van der Waals surface area contributed by atoms with E-state index in [2.05, 4.69) is 10.2 Å². The van der Waals surface area contributed by atoms with E-state index in [1.54, 1.807) is 31.6 Å². The van der Waals surface area contributed by atoms with Gasteiger partial charge in [0.2, 0.25) is 5.82 Å². The highest BCUT2D eigenvalue weighted by molar-refractivity contribution is 7.98. The lowest BCUT2D eigenvalue weighted by Gasteiger charge is -2.36. The number of carbonyl (C=O) groups is 1. The molecule has 0 radical (unpaired) electrons. The molecule has 6 rings (SSSR count). The van der Waals surface area contributed by atoms with Crippen molar-refractivity contribution < 1.29 is 18.3 Å². The van der Waals surface area contributed by atoms with Crippen LogP contribution >= 0.6 is 11.8 Å². The van der Waals surface area contributed by atoms with Gasteiger partial charge < -0.3 is 19.0 Å². The number of benzene rings is 3. The van der Waals surface area contributed by atoms with Crippen molar-refractivity contribution in [2.45, 2.75) is 10.9 Å². The Morgan fingerprint density at radius 3 is 2.39 bits per heavy atom. The second kappa shape index (κ2) is 11.9. The molecule has 0 N–H and O–H groups in total.